The van der Waals surface area contributed by atoms with Crippen LogP contribution >= 0.6 is 0 Å². The van der Waals surface area contributed by atoms with E-state index in [1.54, 1.807) is 0 Å². The van der Waals surface area contributed by atoms with Crippen molar-refractivity contribution in [3.05, 3.63) is 0 Å². The first-order valence-electron chi connectivity index (χ1n) is 12.3. The number of rotatable bonds is 4. The maximum atomic E-state index is 11.7. The number of methoxy groups -OCH3 is 1. The van der Waals surface area contributed by atoms with Crippen LogP contribution in [0.3, 0.4) is 0 Å². The molecular weight excluding hydrogens is 378 g/mol. The van der Waals surface area contributed by atoms with E-state index in [2.05, 4.69) is 20.8 Å². The quantitative estimate of drug-likeness (QED) is 0.604. The van der Waals surface area contributed by atoms with Crippen LogP contribution in [-0.2, 0) is 9.53 Å². The molecule has 4 N–H and O–H groups in total. The van der Waals surface area contributed by atoms with Gasteiger partial charge in [0.1, 0.15) is 0 Å². The molecule has 1 unspecified atom stereocenters. The van der Waals surface area contributed by atoms with Crippen molar-refractivity contribution < 1.29 is 19.7 Å². The second kappa shape index (κ2) is 8.04. The summed E-state index contributed by atoms with van der Waals surface area (Å²) in [5, 5.41) is 22.9. The van der Waals surface area contributed by atoms with Gasteiger partial charge in [-0.05, 0) is 97.7 Å². The van der Waals surface area contributed by atoms with Crippen LogP contribution in [0.25, 0.3) is 0 Å². The third kappa shape index (κ3) is 3.34. The van der Waals surface area contributed by atoms with E-state index < -0.39 is 0 Å². The predicted octanol–water partition coefficient (Wildman–Crippen LogP) is 3.50. The molecule has 0 aliphatic heterocycles. The second-order valence-electron chi connectivity index (χ2n) is 11.7. The Labute approximate surface area is 182 Å². The SMILES string of the molecule is COC(=O)CC[C@@H](C)C1CC[C@@H]2[C@@H]3[C@@H](O)C[C@H]4C[C@@H](N)CC[C@@]4(C)[C@H]3C[C@@H](O)[C@]12C. The zero-order valence-electron chi connectivity index (χ0n) is 19.3. The van der Waals surface area contributed by atoms with Crippen LogP contribution in [0.2, 0.25) is 0 Å². The minimum Gasteiger partial charge on any atom is -0.469 e. The normalized spacial score (nSPS) is 51.4. The number of aliphatic hydroxyl groups is 2. The number of aliphatic hydroxyl groups excluding tert-OH is 2. The fourth-order valence-corrected chi connectivity index (χ4v) is 8.84. The number of fused-ring (bicyclic) bond motifs is 5. The molecule has 172 valence electrons. The lowest BCUT2D eigenvalue weighted by Crippen LogP contribution is -2.62. The summed E-state index contributed by atoms with van der Waals surface area (Å²) >= 11 is 0. The van der Waals surface area contributed by atoms with Crippen LogP contribution in [-0.4, -0.2) is 41.5 Å². The van der Waals surface area contributed by atoms with E-state index in [0.717, 1.165) is 51.4 Å². The summed E-state index contributed by atoms with van der Waals surface area (Å²) < 4.78 is 4.84. The lowest BCUT2D eigenvalue weighted by atomic mass is 9.43. The van der Waals surface area contributed by atoms with Gasteiger partial charge in [0.25, 0.3) is 0 Å². The molecule has 4 fully saturated rings. The van der Waals surface area contributed by atoms with Gasteiger partial charge in [-0.25, -0.2) is 0 Å². The Morgan fingerprint density at radius 2 is 1.87 bits per heavy atom. The maximum Gasteiger partial charge on any atom is 0.305 e. The standard InChI is InChI=1S/C25H43NO4/c1-14(5-8-22(29)30-4)17-6-7-18-23-19(13-21(28)25(17,18)3)24(2)10-9-16(26)11-15(24)12-20(23)27/h14-21,23,27-28H,5-13,26H2,1-4H3/t14-,15-,16+,17?,18-,19+,20+,21-,23+,24-,25-/m1/s1. The summed E-state index contributed by atoms with van der Waals surface area (Å²) in [5.74, 6) is 2.11. The average Bonchev–Trinajstić information content (AvgIpc) is 3.06. The van der Waals surface area contributed by atoms with Gasteiger partial charge in [0.05, 0.1) is 19.3 Å². The van der Waals surface area contributed by atoms with Crippen LogP contribution in [0.15, 0.2) is 0 Å². The number of carbonyl (C=O) groups excluding carboxylic acids is 1. The average molecular weight is 422 g/mol. The molecule has 4 aliphatic rings. The third-order valence-corrected chi connectivity index (χ3v) is 10.6. The molecule has 0 heterocycles. The lowest BCUT2D eigenvalue weighted by Gasteiger charge is -2.63. The van der Waals surface area contributed by atoms with Crippen LogP contribution in [0.4, 0.5) is 0 Å². The summed E-state index contributed by atoms with van der Waals surface area (Å²) in [6, 6.07) is 0.261. The van der Waals surface area contributed by atoms with E-state index in [4.69, 9.17) is 10.5 Å². The minimum absolute atomic E-state index is 0.150. The molecule has 4 saturated carbocycles. The number of esters is 1. The highest BCUT2D eigenvalue weighted by Crippen LogP contribution is 2.68. The zero-order chi connectivity index (χ0) is 21.8. The topological polar surface area (TPSA) is 92.8 Å². The summed E-state index contributed by atoms with van der Waals surface area (Å²) in [6.07, 6.45) is 7.69. The van der Waals surface area contributed by atoms with E-state index in [0.29, 0.717) is 36.0 Å². The zero-order valence-corrected chi connectivity index (χ0v) is 19.3. The van der Waals surface area contributed by atoms with Gasteiger partial charge in [-0.15, -0.1) is 0 Å². The molecule has 0 aromatic rings. The van der Waals surface area contributed by atoms with Crippen molar-refractivity contribution in [3.63, 3.8) is 0 Å². The van der Waals surface area contributed by atoms with Crippen molar-refractivity contribution in [2.24, 2.45) is 52.1 Å². The van der Waals surface area contributed by atoms with Crippen molar-refractivity contribution in [2.45, 2.75) is 96.8 Å². The van der Waals surface area contributed by atoms with Gasteiger partial charge in [0.2, 0.25) is 0 Å². The number of ether oxygens (including phenoxy) is 1. The largest absolute Gasteiger partial charge is 0.469 e. The molecule has 0 bridgehead atoms. The highest BCUT2D eigenvalue weighted by molar-refractivity contribution is 5.69. The second-order valence-corrected chi connectivity index (χ2v) is 11.7. The number of hydrogen-bond donors (Lipinski definition) is 3. The molecule has 0 aromatic carbocycles. The molecule has 4 rings (SSSR count). The smallest absolute Gasteiger partial charge is 0.305 e. The van der Waals surface area contributed by atoms with Crippen LogP contribution in [0, 0.1) is 46.3 Å². The lowest BCUT2D eigenvalue weighted by molar-refractivity contribution is -0.202. The monoisotopic (exact) mass is 421 g/mol. The highest BCUT2D eigenvalue weighted by Gasteiger charge is 2.65. The molecule has 0 aromatic heterocycles. The Kier molecular flexibility index (Phi) is 6.04. The predicted molar refractivity (Wildman–Crippen MR) is 116 cm³/mol. The van der Waals surface area contributed by atoms with Crippen molar-refractivity contribution in [2.75, 3.05) is 7.11 Å². The molecule has 0 spiro atoms. The first-order chi connectivity index (χ1) is 14.1. The van der Waals surface area contributed by atoms with E-state index in [9.17, 15) is 15.0 Å². The van der Waals surface area contributed by atoms with E-state index in [-0.39, 0.29) is 41.0 Å². The van der Waals surface area contributed by atoms with Crippen molar-refractivity contribution >= 4 is 5.97 Å². The molecule has 11 atom stereocenters. The Bertz CT molecular complexity index is 655. The summed E-state index contributed by atoms with van der Waals surface area (Å²) in [6.45, 7) is 6.94. The number of carbonyl (C=O) groups is 1. The van der Waals surface area contributed by atoms with E-state index >= 15 is 0 Å². The molecule has 5 nitrogen and oxygen atoms in total. The van der Waals surface area contributed by atoms with Gasteiger partial charge >= 0.3 is 5.97 Å². The minimum atomic E-state index is -0.338. The Morgan fingerprint density at radius 3 is 2.57 bits per heavy atom. The Balaban J connectivity index is 1.58. The van der Waals surface area contributed by atoms with Crippen LogP contribution in [0.1, 0.15) is 78.6 Å². The van der Waals surface area contributed by atoms with Gasteiger partial charge in [0, 0.05) is 12.5 Å². The molecule has 30 heavy (non-hydrogen) atoms. The fraction of sp³-hybridized carbons (Fsp3) is 0.960. The van der Waals surface area contributed by atoms with Crippen LogP contribution in [0.5, 0.6) is 0 Å². The van der Waals surface area contributed by atoms with Crippen molar-refractivity contribution in [1.29, 1.82) is 0 Å². The fourth-order valence-electron chi connectivity index (χ4n) is 8.84. The summed E-state index contributed by atoms with van der Waals surface area (Å²) in [4.78, 5) is 11.7. The highest BCUT2D eigenvalue weighted by atomic mass is 16.5. The van der Waals surface area contributed by atoms with Gasteiger partial charge in [-0.3, -0.25) is 4.79 Å². The molecule has 5 heteroatoms. The first-order valence-corrected chi connectivity index (χ1v) is 12.3. The van der Waals surface area contributed by atoms with Gasteiger partial charge in [-0.1, -0.05) is 20.8 Å². The van der Waals surface area contributed by atoms with E-state index in [1.807, 2.05) is 0 Å². The third-order valence-electron chi connectivity index (χ3n) is 10.6. The van der Waals surface area contributed by atoms with Crippen molar-refractivity contribution in [1.82, 2.24) is 0 Å². The number of hydrogen-bond acceptors (Lipinski definition) is 5. The molecular formula is C25H43NO4. The first kappa shape index (κ1) is 22.5. The van der Waals surface area contributed by atoms with Gasteiger partial charge < -0.3 is 20.7 Å². The number of nitrogens with two attached hydrogens (primary N) is 1. The molecule has 0 amide bonds. The summed E-state index contributed by atoms with van der Waals surface area (Å²) in [5.41, 5.74) is 6.31. The van der Waals surface area contributed by atoms with Gasteiger partial charge in [0.15, 0.2) is 0 Å². The maximum absolute atomic E-state index is 11.7. The van der Waals surface area contributed by atoms with Gasteiger partial charge in [-0.2, -0.15) is 0 Å². The van der Waals surface area contributed by atoms with Crippen LogP contribution < -0.4 is 5.73 Å². The molecule has 0 radical (unpaired) electrons. The Hall–Kier alpha value is -0.650. The molecule has 0 saturated heterocycles. The molecule has 4 aliphatic carbocycles. The van der Waals surface area contributed by atoms with Crippen molar-refractivity contribution in [3.8, 4) is 0 Å². The Morgan fingerprint density at radius 1 is 1.13 bits per heavy atom. The van der Waals surface area contributed by atoms with E-state index in [1.165, 1.54) is 7.11 Å². The summed E-state index contributed by atoms with van der Waals surface area (Å²) in [7, 11) is 1.45.